The molecule has 0 aliphatic carbocycles. The van der Waals surface area contributed by atoms with Crippen molar-refractivity contribution in [2.45, 2.75) is 51.8 Å². The number of likely N-dealkylation sites (tertiary alicyclic amines) is 1. The van der Waals surface area contributed by atoms with Crippen molar-refractivity contribution in [3.8, 4) is 0 Å². The fourth-order valence-corrected chi connectivity index (χ4v) is 3.46. The third-order valence-electron chi connectivity index (χ3n) is 5.18. The summed E-state index contributed by atoms with van der Waals surface area (Å²) in [7, 11) is 0. The fourth-order valence-electron chi connectivity index (χ4n) is 3.46. The molecule has 0 bridgehead atoms. The summed E-state index contributed by atoms with van der Waals surface area (Å²) in [5.41, 5.74) is -0.361. The minimum Gasteiger partial charge on any atom is -0.444 e. The highest BCUT2D eigenvalue weighted by atomic mass is 19.4. The van der Waals surface area contributed by atoms with E-state index >= 15 is 0 Å². The largest absolute Gasteiger partial charge is 0.444 e. The first kappa shape index (κ1) is 24.3. The molecule has 2 aliphatic rings. The normalized spacial score (nSPS) is 19.6. The molecular formula is C22H34F3N3O2. The highest BCUT2D eigenvalue weighted by Gasteiger charge is 2.33. The molecule has 0 atom stereocenters. The Bertz CT molecular complexity index is 652. The number of rotatable bonds is 6. The van der Waals surface area contributed by atoms with Crippen LogP contribution < -0.4 is 0 Å². The van der Waals surface area contributed by atoms with E-state index in [2.05, 4.69) is 11.5 Å². The molecule has 2 aliphatic heterocycles. The van der Waals surface area contributed by atoms with Crippen LogP contribution in [0.2, 0.25) is 0 Å². The molecule has 2 fully saturated rings. The SMILES string of the molecule is C=C(/C=C\C=C(/CCN1CCN(C(=O)OC(C)(C)C)CC1)C(F)(F)F)N1CCCC1. The lowest BCUT2D eigenvalue weighted by atomic mass is 10.1. The van der Waals surface area contributed by atoms with Crippen molar-refractivity contribution in [2.75, 3.05) is 45.8 Å². The first-order valence-electron chi connectivity index (χ1n) is 10.5. The van der Waals surface area contributed by atoms with Crippen molar-refractivity contribution in [2.24, 2.45) is 0 Å². The number of piperazine rings is 1. The zero-order valence-electron chi connectivity index (χ0n) is 18.3. The second-order valence-corrected chi connectivity index (χ2v) is 8.79. The molecule has 0 saturated carbocycles. The van der Waals surface area contributed by atoms with Crippen LogP contribution in [0.4, 0.5) is 18.0 Å². The zero-order valence-corrected chi connectivity index (χ0v) is 18.3. The number of amides is 1. The van der Waals surface area contributed by atoms with Crippen LogP contribution in [0.1, 0.15) is 40.0 Å². The summed E-state index contributed by atoms with van der Waals surface area (Å²) in [6.45, 7) is 13.5. The first-order valence-corrected chi connectivity index (χ1v) is 10.5. The molecule has 0 spiro atoms. The van der Waals surface area contributed by atoms with E-state index in [-0.39, 0.29) is 12.5 Å². The molecule has 8 heteroatoms. The minimum atomic E-state index is -4.36. The average Bonchev–Trinajstić information content (AvgIpc) is 3.17. The average molecular weight is 430 g/mol. The van der Waals surface area contributed by atoms with Gasteiger partial charge in [-0.25, -0.2) is 4.79 Å². The van der Waals surface area contributed by atoms with Crippen LogP contribution in [0.5, 0.6) is 0 Å². The number of alkyl halides is 3. The lowest BCUT2D eigenvalue weighted by Crippen LogP contribution is -2.50. The molecule has 2 saturated heterocycles. The number of carbonyl (C=O) groups is 1. The Morgan fingerprint density at radius 1 is 1.00 bits per heavy atom. The molecule has 2 heterocycles. The van der Waals surface area contributed by atoms with Gasteiger partial charge in [0, 0.05) is 57.1 Å². The first-order chi connectivity index (χ1) is 14.0. The zero-order chi connectivity index (χ0) is 22.4. The minimum absolute atomic E-state index is 0.0868. The van der Waals surface area contributed by atoms with Crippen molar-refractivity contribution in [1.82, 2.24) is 14.7 Å². The van der Waals surface area contributed by atoms with E-state index in [4.69, 9.17) is 4.74 Å². The van der Waals surface area contributed by atoms with E-state index in [1.54, 1.807) is 31.7 Å². The van der Waals surface area contributed by atoms with Crippen LogP contribution in [-0.4, -0.2) is 78.4 Å². The van der Waals surface area contributed by atoms with Gasteiger partial charge in [0.25, 0.3) is 0 Å². The monoisotopic (exact) mass is 429 g/mol. The van der Waals surface area contributed by atoms with Crippen molar-refractivity contribution >= 4 is 6.09 Å². The van der Waals surface area contributed by atoms with E-state index in [9.17, 15) is 18.0 Å². The van der Waals surface area contributed by atoms with E-state index in [0.717, 1.165) is 37.7 Å². The molecule has 170 valence electrons. The molecule has 0 aromatic heterocycles. The quantitative estimate of drug-likeness (QED) is 0.579. The Hall–Kier alpha value is -1.96. The summed E-state index contributed by atoms with van der Waals surface area (Å²) in [6.07, 6.45) is 1.61. The maximum atomic E-state index is 13.4. The van der Waals surface area contributed by atoms with Gasteiger partial charge in [-0.15, -0.1) is 0 Å². The summed E-state index contributed by atoms with van der Waals surface area (Å²) in [5.74, 6) is 0. The lowest BCUT2D eigenvalue weighted by Gasteiger charge is -2.35. The standard InChI is InChI=1S/C22H34F3N3O2/c1-18(27-11-5-6-12-27)8-7-9-19(22(23,24)25)10-13-26-14-16-28(17-15-26)20(29)30-21(2,3)4/h7-9H,1,5-6,10-17H2,2-4H3/b8-7-,19-9+. The Morgan fingerprint density at radius 2 is 1.60 bits per heavy atom. The topological polar surface area (TPSA) is 36.0 Å². The van der Waals surface area contributed by atoms with Gasteiger partial charge in [-0.1, -0.05) is 18.7 Å². The van der Waals surface area contributed by atoms with E-state index in [1.165, 1.54) is 6.08 Å². The molecule has 30 heavy (non-hydrogen) atoms. The Kier molecular flexibility index (Phi) is 8.41. The summed E-state index contributed by atoms with van der Waals surface area (Å²) < 4.78 is 45.6. The van der Waals surface area contributed by atoms with E-state index < -0.39 is 17.4 Å². The summed E-state index contributed by atoms with van der Waals surface area (Å²) in [5, 5.41) is 0. The number of hydrogen-bond donors (Lipinski definition) is 0. The van der Waals surface area contributed by atoms with Crippen molar-refractivity contribution in [3.63, 3.8) is 0 Å². The molecule has 2 rings (SSSR count). The van der Waals surface area contributed by atoms with Crippen LogP contribution in [0.25, 0.3) is 0 Å². The van der Waals surface area contributed by atoms with Crippen molar-refractivity contribution < 1.29 is 22.7 Å². The third kappa shape index (κ3) is 8.05. The van der Waals surface area contributed by atoms with Gasteiger partial charge in [0.05, 0.1) is 0 Å². The second kappa shape index (κ2) is 10.4. The Morgan fingerprint density at radius 3 is 2.13 bits per heavy atom. The van der Waals surface area contributed by atoms with Gasteiger partial charge in [-0.3, -0.25) is 4.90 Å². The lowest BCUT2D eigenvalue weighted by molar-refractivity contribution is -0.0946. The number of nitrogens with zero attached hydrogens (tertiary/aromatic N) is 3. The van der Waals surface area contributed by atoms with Gasteiger partial charge in [0.2, 0.25) is 0 Å². The van der Waals surface area contributed by atoms with Crippen LogP contribution in [0.3, 0.4) is 0 Å². The Balaban J connectivity index is 1.84. The summed E-state index contributed by atoms with van der Waals surface area (Å²) in [4.78, 5) is 17.7. The molecule has 0 aromatic rings. The summed E-state index contributed by atoms with van der Waals surface area (Å²) in [6, 6.07) is 0. The highest BCUT2D eigenvalue weighted by molar-refractivity contribution is 5.68. The molecule has 5 nitrogen and oxygen atoms in total. The van der Waals surface area contributed by atoms with Gasteiger partial charge in [-0.05, 0) is 46.1 Å². The number of hydrogen-bond acceptors (Lipinski definition) is 4. The third-order valence-corrected chi connectivity index (χ3v) is 5.18. The molecule has 1 amide bonds. The summed E-state index contributed by atoms with van der Waals surface area (Å²) >= 11 is 0. The van der Waals surface area contributed by atoms with Gasteiger partial charge in [-0.2, -0.15) is 13.2 Å². The van der Waals surface area contributed by atoms with Crippen molar-refractivity contribution in [1.29, 1.82) is 0 Å². The van der Waals surface area contributed by atoms with Gasteiger partial charge >= 0.3 is 12.3 Å². The van der Waals surface area contributed by atoms with Crippen LogP contribution in [-0.2, 0) is 4.74 Å². The maximum absolute atomic E-state index is 13.4. The number of allylic oxidation sites excluding steroid dienone is 3. The smallest absolute Gasteiger partial charge is 0.412 e. The van der Waals surface area contributed by atoms with Crippen molar-refractivity contribution in [3.05, 3.63) is 36.1 Å². The van der Waals surface area contributed by atoms with Gasteiger partial charge < -0.3 is 14.5 Å². The number of carbonyl (C=O) groups excluding carboxylic acids is 1. The van der Waals surface area contributed by atoms with Crippen LogP contribution in [0, 0.1) is 0 Å². The molecule has 0 aromatic carbocycles. The van der Waals surface area contributed by atoms with Gasteiger partial charge in [0.1, 0.15) is 5.60 Å². The predicted octanol–water partition coefficient (Wildman–Crippen LogP) is 4.58. The van der Waals surface area contributed by atoms with Crippen LogP contribution >= 0.6 is 0 Å². The second-order valence-electron chi connectivity index (χ2n) is 8.79. The number of ether oxygens (including phenoxy) is 1. The number of halogens is 3. The molecular weight excluding hydrogens is 395 g/mol. The fraction of sp³-hybridized carbons (Fsp3) is 0.682. The molecule has 0 unspecified atom stereocenters. The Labute approximate surface area is 177 Å². The highest BCUT2D eigenvalue weighted by Crippen LogP contribution is 2.28. The van der Waals surface area contributed by atoms with Gasteiger partial charge in [0.15, 0.2) is 0 Å². The molecule has 0 N–H and O–H groups in total. The van der Waals surface area contributed by atoms with E-state index in [0.29, 0.717) is 32.7 Å². The van der Waals surface area contributed by atoms with Crippen LogP contribution in [0.15, 0.2) is 36.1 Å². The predicted molar refractivity (Wildman–Crippen MR) is 112 cm³/mol. The maximum Gasteiger partial charge on any atom is 0.412 e. The molecule has 0 radical (unpaired) electrons. The van der Waals surface area contributed by atoms with E-state index in [1.807, 2.05) is 4.90 Å².